The first-order valence-electron chi connectivity index (χ1n) is 8.98. The number of halogens is 1. The normalized spacial score (nSPS) is 16.6. The Morgan fingerprint density at radius 2 is 2.31 bits per heavy atom. The first-order valence-corrected chi connectivity index (χ1v) is 8.98. The summed E-state index contributed by atoms with van der Waals surface area (Å²) in [6.45, 7) is 7.45. The Labute approximate surface area is 173 Å². The maximum atomic E-state index is 8.95. The predicted molar refractivity (Wildman–Crippen MR) is 114 cm³/mol. The van der Waals surface area contributed by atoms with Crippen molar-refractivity contribution in [2.75, 3.05) is 39.5 Å². The molecule has 7 heteroatoms. The van der Waals surface area contributed by atoms with Gasteiger partial charge in [-0.15, -0.1) is 24.0 Å². The maximum absolute atomic E-state index is 8.95. The number of guanidine groups is 1. The van der Waals surface area contributed by atoms with Crippen molar-refractivity contribution in [2.24, 2.45) is 10.9 Å². The molecule has 0 bridgehead atoms. The quantitative estimate of drug-likeness (QED) is 0.250. The minimum absolute atomic E-state index is 0. The van der Waals surface area contributed by atoms with Gasteiger partial charge in [0, 0.05) is 32.2 Å². The number of nitrogens with zero attached hydrogens (tertiary/aromatic N) is 2. The first-order chi connectivity index (χ1) is 12.3. The van der Waals surface area contributed by atoms with E-state index in [1.807, 2.05) is 25.1 Å². The zero-order chi connectivity index (χ0) is 17.7. The van der Waals surface area contributed by atoms with Crippen molar-refractivity contribution >= 4 is 29.9 Å². The highest BCUT2D eigenvalue weighted by Gasteiger charge is 2.15. The summed E-state index contributed by atoms with van der Waals surface area (Å²) in [5.41, 5.74) is 1.69. The number of nitriles is 1. The lowest BCUT2D eigenvalue weighted by molar-refractivity contribution is 0.0888. The molecule has 6 nitrogen and oxygen atoms in total. The lowest BCUT2D eigenvalue weighted by Crippen LogP contribution is -2.38. The molecular weight excluding hydrogens is 443 g/mol. The molecule has 1 unspecified atom stereocenters. The molecule has 1 aromatic rings. The van der Waals surface area contributed by atoms with Gasteiger partial charge in [0.05, 0.1) is 31.4 Å². The predicted octanol–water partition coefficient (Wildman–Crippen LogP) is 2.67. The van der Waals surface area contributed by atoms with Gasteiger partial charge < -0.3 is 20.1 Å². The molecule has 2 N–H and O–H groups in total. The standard InChI is InChI=1S/C19H28N4O2.HI/c1-2-21-19(23-13-17-6-3-5-16(11-17)12-20)22-8-4-9-24-14-18-7-10-25-15-18;/h3,5-6,11,18H,2,4,7-10,13-15H2,1H3,(H2,21,22,23);1H. The Bertz CT molecular complexity index is 583. The topological polar surface area (TPSA) is 78.7 Å². The number of nitrogens with one attached hydrogen (secondary N) is 2. The molecule has 0 spiro atoms. The average molecular weight is 472 g/mol. The van der Waals surface area contributed by atoms with E-state index in [2.05, 4.69) is 21.7 Å². The van der Waals surface area contributed by atoms with Crippen molar-refractivity contribution < 1.29 is 9.47 Å². The van der Waals surface area contributed by atoms with Gasteiger partial charge in [0.15, 0.2) is 5.96 Å². The highest BCUT2D eigenvalue weighted by atomic mass is 127. The Balaban J connectivity index is 0.00000338. The van der Waals surface area contributed by atoms with Crippen molar-refractivity contribution in [3.05, 3.63) is 35.4 Å². The van der Waals surface area contributed by atoms with Crippen molar-refractivity contribution in [3.8, 4) is 6.07 Å². The Morgan fingerprint density at radius 3 is 3.04 bits per heavy atom. The van der Waals surface area contributed by atoms with E-state index in [4.69, 9.17) is 14.7 Å². The molecule has 144 valence electrons. The molecule has 2 rings (SSSR count). The summed E-state index contributed by atoms with van der Waals surface area (Å²) < 4.78 is 11.0. The third-order valence-corrected chi connectivity index (χ3v) is 3.96. The van der Waals surface area contributed by atoms with Crippen LogP contribution < -0.4 is 10.6 Å². The first kappa shape index (κ1) is 22.7. The summed E-state index contributed by atoms with van der Waals surface area (Å²) in [6, 6.07) is 9.69. The van der Waals surface area contributed by atoms with Gasteiger partial charge in [0.2, 0.25) is 0 Å². The Hall–Kier alpha value is -1.37. The van der Waals surface area contributed by atoms with Gasteiger partial charge in [-0.05, 0) is 37.5 Å². The largest absolute Gasteiger partial charge is 0.381 e. The molecule has 26 heavy (non-hydrogen) atoms. The van der Waals surface area contributed by atoms with Crippen LogP contribution >= 0.6 is 24.0 Å². The van der Waals surface area contributed by atoms with Crippen molar-refractivity contribution in [1.29, 1.82) is 5.26 Å². The Kier molecular flexibility index (Phi) is 12.0. The summed E-state index contributed by atoms with van der Waals surface area (Å²) in [5.74, 6) is 1.35. The van der Waals surface area contributed by atoms with E-state index in [1.165, 1.54) is 0 Å². The van der Waals surface area contributed by atoms with Crippen LogP contribution in [0.25, 0.3) is 0 Å². The molecule has 1 aliphatic rings. The Morgan fingerprint density at radius 1 is 1.42 bits per heavy atom. The molecular formula is C19H29IN4O2. The highest BCUT2D eigenvalue weighted by Crippen LogP contribution is 2.12. The van der Waals surface area contributed by atoms with E-state index in [-0.39, 0.29) is 24.0 Å². The SMILES string of the molecule is CCNC(=NCc1cccc(C#N)c1)NCCCOCC1CCOC1.I. The minimum atomic E-state index is 0. The lowest BCUT2D eigenvalue weighted by atomic mass is 10.1. The number of ether oxygens (including phenoxy) is 2. The fourth-order valence-corrected chi connectivity index (χ4v) is 2.60. The number of hydrogen-bond donors (Lipinski definition) is 2. The molecule has 1 fully saturated rings. The van der Waals surface area contributed by atoms with E-state index >= 15 is 0 Å². The molecule has 0 amide bonds. The molecule has 0 saturated carbocycles. The second-order valence-corrected chi connectivity index (χ2v) is 6.09. The van der Waals surface area contributed by atoms with Gasteiger partial charge in [0.25, 0.3) is 0 Å². The molecule has 0 aliphatic carbocycles. The van der Waals surface area contributed by atoms with E-state index in [1.54, 1.807) is 6.07 Å². The molecule has 0 aromatic heterocycles. The minimum Gasteiger partial charge on any atom is -0.381 e. The van der Waals surface area contributed by atoms with Gasteiger partial charge in [-0.2, -0.15) is 5.26 Å². The zero-order valence-electron chi connectivity index (χ0n) is 15.4. The van der Waals surface area contributed by atoms with Crippen LogP contribution in [0.4, 0.5) is 0 Å². The van der Waals surface area contributed by atoms with Gasteiger partial charge in [-0.3, -0.25) is 0 Å². The van der Waals surface area contributed by atoms with Gasteiger partial charge in [-0.1, -0.05) is 12.1 Å². The monoisotopic (exact) mass is 472 g/mol. The van der Waals surface area contributed by atoms with Gasteiger partial charge in [-0.25, -0.2) is 4.99 Å². The van der Waals surface area contributed by atoms with Crippen molar-refractivity contribution in [1.82, 2.24) is 10.6 Å². The van der Waals surface area contributed by atoms with Gasteiger partial charge in [0.1, 0.15) is 0 Å². The summed E-state index contributed by atoms with van der Waals surface area (Å²) >= 11 is 0. The lowest BCUT2D eigenvalue weighted by Gasteiger charge is -2.12. The van der Waals surface area contributed by atoms with Gasteiger partial charge >= 0.3 is 0 Å². The highest BCUT2D eigenvalue weighted by molar-refractivity contribution is 14.0. The summed E-state index contributed by atoms with van der Waals surface area (Å²) in [5, 5.41) is 15.5. The van der Waals surface area contributed by atoms with Crippen LogP contribution in [0.2, 0.25) is 0 Å². The molecule has 1 aromatic carbocycles. The van der Waals surface area contributed by atoms with E-state index in [0.29, 0.717) is 18.0 Å². The van der Waals surface area contributed by atoms with Crippen LogP contribution in [0.1, 0.15) is 30.9 Å². The van der Waals surface area contributed by atoms with Crippen LogP contribution in [-0.2, 0) is 16.0 Å². The van der Waals surface area contributed by atoms with Crippen molar-refractivity contribution in [3.63, 3.8) is 0 Å². The summed E-state index contributed by atoms with van der Waals surface area (Å²) in [6.07, 6.45) is 2.05. The van der Waals surface area contributed by atoms with E-state index < -0.39 is 0 Å². The van der Waals surface area contributed by atoms with Crippen molar-refractivity contribution in [2.45, 2.75) is 26.3 Å². The number of aliphatic imine (C=N–C) groups is 1. The smallest absolute Gasteiger partial charge is 0.191 e. The number of hydrogen-bond acceptors (Lipinski definition) is 4. The van der Waals surface area contributed by atoms with Crippen LogP contribution in [0.5, 0.6) is 0 Å². The third-order valence-electron chi connectivity index (χ3n) is 3.96. The third kappa shape index (κ3) is 8.83. The summed E-state index contributed by atoms with van der Waals surface area (Å²) in [7, 11) is 0. The van der Waals surface area contributed by atoms with E-state index in [0.717, 1.165) is 63.9 Å². The number of benzene rings is 1. The fraction of sp³-hybridized carbons (Fsp3) is 0.579. The fourth-order valence-electron chi connectivity index (χ4n) is 2.60. The second kappa shape index (κ2) is 13.8. The second-order valence-electron chi connectivity index (χ2n) is 6.09. The molecule has 0 radical (unpaired) electrons. The maximum Gasteiger partial charge on any atom is 0.191 e. The van der Waals surface area contributed by atoms with E-state index in [9.17, 15) is 0 Å². The molecule has 1 aliphatic heterocycles. The number of rotatable bonds is 9. The molecule has 1 atom stereocenters. The zero-order valence-corrected chi connectivity index (χ0v) is 17.7. The average Bonchev–Trinajstić information content (AvgIpc) is 3.16. The van der Waals surface area contributed by atoms with Crippen LogP contribution in [-0.4, -0.2) is 45.5 Å². The van der Waals surface area contributed by atoms with Crippen LogP contribution in [0.3, 0.4) is 0 Å². The summed E-state index contributed by atoms with van der Waals surface area (Å²) in [4.78, 5) is 4.57. The van der Waals surface area contributed by atoms with Crippen LogP contribution in [0, 0.1) is 17.2 Å². The van der Waals surface area contributed by atoms with Crippen LogP contribution in [0.15, 0.2) is 29.3 Å². The molecule has 1 saturated heterocycles. The molecule has 1 heterocycles.